The van der Waals surface area contributed by atoms with Gasteiger partial charge in [-0.1, -0.05) is 37.6 Å². The number of rotatable bonds is 5. The van der Waals surface area contributed by atoms with Crippen molar-refractivity contribution < 1.29 is 18.0 Å². The molecule has 10 heteroatoms. The molecule has 0 radical (unpaired) electrons. The molecule has 2 aromatic carbocycles. The number of guanidine groups is 1. The average molecular weight is 464 g/mol. The van der Waals surface area contributed by atoms with Gasteiger partial charge in [-0.15, -0.1) is 0 Å². The number of anilines is 1. The number of halogens is 4. The minimum Gasteiger partial charge on any atom is -0.309 e. The van der Waals surface area contributed by atoms with Crippen molar-refractivity contribution in [1.29, 1.82) is 0 Å². The van der Waals surface area contributed by atoms with Gasteiger partial charge < -0.3 is 5.32 Å². The van der Waals surface area contributed by atoms with E-state index in [0.29, 0.717) is 17.4 Å². The summed E-state index contributed by atoms with van der Waals surface area (Å²) in [4.78, 5) is 16.9. The Hall–Kier alpha value is -3.33. The maximum Gasteiger partial charge on any atom is 0.416 e. The van der Waals surface area contributed by atoms with Gasteiger partial charge in [0.05, 0.1) is 11.3 Å². The van der Waals surface area contributed by atoms with Gasteiger partial charge >= 0.3 is 6.18 Å². The molecule has 0 spiro atoms. The van der Waals surface area contributed by atoms with Crippen LogP contribution in [0, 0.1) is 5.92 Å². The zero-order chi connectivity index (χ0) is 23.3. The molecule has 0 aliphatic rings. The number of nitrogens with zero attached hydrogens (tertiary/aromatic N) is 2. The first kappa shape index (κ1) is 23.3. The lowest BCUT2D eigenvalue weighted by atomic mass is 10.1. The van der Waals surface area contributed by atoms with E-state index >= 15 is 0 Å². The third-order valence-corrected chi connectivity index (χ3v) is 4.55. The number of nitrogens with one attached hydrogen (secondary N) is 3. The Bertz CT molecular complexity index is 1090. The molecule has 0 saturated carbocycles. The molecule has 3 rings (SSSR count). The van der Waals surface area contributed by atoms with Gasteiger partial charge in [0.25, 0.3) is 5.91 Å². The molecule has 1 heterocycles. The maximum absolute atomic E-state index is 12.7. The lowest BCUT2D eigenvalue weighted by Gasteiger charge is -2.11. The van der Waals surface area contributed by atoms with Crippen LogP contribution in [-0.2, 0) is 6.18 Å². The number of carbonyl (C=O) groups excluding carboxylic acids is 1. The van der Waals surface area contributed by atoms with Gasteiger partial charge in [-0.25, -0.2) is 0 Å². The normalized spacial score (nSPS) is 12.2. The third-order valence-electron chi connectivity index (χ3n) is 4.30. The Kier molecular flexibility index (Phi) is 7.19. The number of alkyl halides is 3. The van der Waals surface area contributed by atoms with Crippen LogP contribution in [0.1, 0.15) is 29.8 Å². The van der Waals surface area contributed by atoms with Crippen molar-refractivity contribution in [3.05, 3.63) is 70.7 Å². The Labute approximate surface area is 187 Å². The van der Waals surface area contributed by atoms with Crippen molar-refractivity contribution in [1.82, 2.24) is 15.5 Å². The van der Waals surface area contributed by atoms with Crippen LogP contribution >= 0.6 is 11.6 Å². The lowest BCUT2D eigenvalue weighted by Crippen LogP contribution is -2.36. The minimum absolute atomic E-state index is 0.0703. The number of hydrogen-bond donors (Lipinski definition) is 3. The fourth-order valence-electron chi connectivity index (χ4n) is 2.66. The van der Waals surface area contributed by atoms with Crippen LogP contribution < -0.4 is 10.6 Å². The first-order valence-corrected chi connectivity index (χ1v) is 10.1. The Morgan fingerprint density at radius 1 is 1.12 bits per heavy atom. The molecule has 0 fully saturated rings. The summed E-state index contributed by atoms with van der Waals surface area (Å²) in [5.74, 6) is 0.170. The molecule has 0 saturated heterocycles. The lowest BCUT2D eigenvalue weighted by molar-refractivity contribution is -0.137. The summed E-state index contributed by atoms with van der Waals surface area (Å²) in [7, 11) is 0. The van der Waals surface area contributed by atoms with E-state index in [4.69, 9.17) is 11.6 Å². The van der Waals surface area contributed by atoms with E-state index in [0.717, 1.165) is 35.5 Å². The van der Waals surface area contributed by atoms with Gasteiger partial charge in [0.15, 0.2) is 5.82 Å². The quantitative estimate of drug-likeness (QED) is 0.340. The summed E-state index contributed by atoms with van der Waals surface area (Å²) in [6.07, 6.45) is -4.47. The summed E-state index contributed by atoms with van der Waals surface area (Å²) >= 11 is 5.91. The molecule has 1 aromatic heterocycles. The van der Waals surface area contributed by atoms with Crippen molar-refractivity contribution in [2.45, 2.75) is 20.0 Å². The Morgan fingerprint density at radius 2 is 1.78 bits per heavy atom. The van der Waals surface area contributed by atoms with Crippen molar-refractivity contribution in [3.8, 4) is 11.3 Å². The van der Waals surface area contributed by atoms with E-state index in [-0.39, 0.29) is 17.4 Å². The SMILES string of the molecule is CC(C)CN=C(NC(=O)c1ccc(C(F)(F)F)cc1)Nc1cc(-c2ccc(Cl)cc2)[nH]n1. The Morgan fingerprint density at radius 3 is 2.38 bits per heavy atom. The smallest absolute Gasteiger partial charge is 0.309 e. The van der Waals surface area contributed by atoms with E-state index < -0.39 is 17.6 Å². The molecule has 3 aromatic rings. The second-order valence-electron chi connectivity index (χ2n) is 7.41. The van der Waals surface area contributed by atoms with Crippen molar-refractivity contribution in [2.24, 2.45) is 10.9 Å². The predicted octanol–water partition coefficient (Wildman–Crippen LogP) is 5.60. The van der Waals surface area contributed by atoms with E-state index in [1.54, 1.807) is 18.2 Å². The largest absolute Gasteiger partial charge is 0.416 e. The predicted molar refractivity (Wildman–Crippen MR) is 119 cm³/mol. The number of H-pyrrole nitrogens is 1. The zero-order valence-electron chi connectivity index (χ0n) is 17.3. The van der Waals surface area contributed by atoms with Gasteiger partial charge in [-0.05, 0) is 47.9 Å². The topological polar surface area (TPSA) is 82.2 Å². The second-order valence-corrected chi connectivity index (χ2v) is 7.85. The summed E-state index contributed by atoms with van der Waals surface area (Å²) < 4.78 is 38.2. The molecule has 32 heavy (non-hydrogen) atoms. The highest BCUT2D eigenvalue weighted by molar-refractivity contribution is 6.30. The standard InChI is InChI=1S/C22H21ClF3N5O/c1-13(2)12-27-21(29-20(32)15-3-7-16(8-4-15)22(24,25)26)28-19-11-18(30-31-19)14-5-9-17(23)10-6-14/h3-11,13H,12H2,1-2H3,(H3,27,28,29,30,31,32). The molecule has 0 unspecified atom stereocenters. The highest BCUT2D eigenvalue weighted by atomic mass is 35.5. The van der Waals surface area contributed by atoms with E-state index in [2.05, 4.69) is 25.8 Å². The fraction of sp³-hybridized carbons (Fsp3) is 0.227. The number of aromatic nitrogens is 2. The number of hydrogen-bond acceptors (Lipinski definition) is 3. The highest BCUT2D eigenvalue weighted by Crippen LogP contribution is 2.29. The number of benzene rings is 2. The van der Waals surface area contributed by atoms with Gasteiger partial charge in [0.2, 0.25) is 5.96 Å². The highest BCUT2D eigenvalue weighted by Gasteiger charge is 2.30. The van der Waals surface area contributed by atoms with Crippen LogP contribution in [0.5, 0.6) is 0 Å². The molecule has 3 N–H and O–H groups in total. The second kappa shape index (κ2) is 9.86. The summed E-state index contributed by atoms with van der Waals surface area (Å²) in [6, 6.07) is 12.9. The molecule has 0 bridgehead atoms. The van der Waals surface area contributed by atoms with Crippen molar-refractivity contribution >= 4 is 29.3 Å². The maximum atomic E-state index is 12.7. The molecule has 0 aliphatic heterocycles. The van der Waals surface area contributed by atoms with Crippen LogP contribution in [0.2, 0.25) is 5.02 Å². The minimum atomic E-state index is -4.47. The first-order valence-electron chi connectivity index (χ1n) is 9.73. The van der Waals surface area contributed by atoms with Crippen LogP contribution in [0.25, 0.3) is 11.3 Å². The molecule has 0 atom stereocenters. The molecule has 0 aliphatic carbocycles. The molecule has 6 nitrogen and oxygen atoms in total. The van der Waals surface area contributed by atoms with Crippen molar-refractivity contribution in [2.75, 3.05) is 11.9 Å². The number of carbonyl (C=O) groups is 1. The average Bonchev–Trinajstić information content (AvgIpc) is 3.20. The van der Waals surface area contributed by atoms with Gasteiger partial charge in [0, 0.05) is 23.2 Å². The number of aromatic amines is 1. The summed E-state index contributed by atoms with van der Waals surface area (Å²) in [5, 5.41) is 13.2. The van der Waals surface area contributed by atoms with Gasteiger partial charge in [-0.2, -0.15) is 18.3 Å². The first-order chi connectivity index (χ1) is 15.1. The van der Waals surface area contributed by atoms with E-state index in [9.17, 15) is 18.0 Å². The third kappa shape index (κ3) is 6.34. The summed E-state index contributed by atoms with van der Waals surface area (Å²) in [5.41, 5.74) is 0.832. The van der Waals surface area contributed by atoms with E-state index in [1.807, 2.05) is 26.0 Å². The van der Waals surface area contributed by atoms with Crippen LogP contribution in [0.15, 0.2) is 59.6 Å². The molecule has 168 valence electrons. The number of aliphatic imine (C=N–C) groups is 1. The van der Waals surface area contributed by atoms with Gasteiger partial charge in [-0.3, -0.25) is 20.2 Å². The van der Waals surface area contributed by atoms with Crippen molar-refractivity contribution in [3.63, 3.8) is 0 Å². The number of amides is 1. The van der Waals surface area contributed by atoms with E-state index in [1.165, 1.54) is 0 Å². The zero-order valence-corrected chi connectivity index (χ0v) is 18.1. The molecular weight excluding hydrogens is 443 g/mol. The fourth-order valence-corrected chi connectivity index (χ4v) is 2.78. The monoisotopic (exact) mass is 463 g/mol. The van der Waals surface area contributed by atoms with Crippen LogP contribution in [0.4, 0.5) is 19.0 Å². The Balaban J connectivity index is 1.75. The van der Waals surface area contributed by atoms with Crippen LogP contribution in [-0.4, -0.2) is 28.6 Å². The molecular formula is C22H21ClF3N5O. The van der Waals surface area contributed by atoms with Gasteiger partial charge in [0.1, 0.15) is 0 Å². The molecule has 1 amide bonds. The summed E-state index contributed by atoms with van der Waals surface area (Å²) in [6.45, 7) is 4.35. The van der Waals surface area contributed by atoms with Crippen LogP contribution in [0.3, 0.4) is 0 Å².